The Bertz CT molecular complexity index is 692. The molecule has 0 saturated carbocycles. The molecular weight excluding hydrogens is 362 g/mol. The predicted molar refractivity (Wildman–Crippen MR) is 114 cm³/mol. The first kappa shape index (κ1) is 23.3. The standard InChI is InChI=1S/C20H35N3O3S/c1-7-21-19(23-16(2)12-15-27(6,24)25)22-13-14-26-18-10-8-17(9-11-18)20(3,4)5/h8-11,16H,7,12-15H2,1-6H3,(H2,21,22,23). The summed E-state index contributed by atoms with van der Waals surface area (Å²) < 4.78 is 28.3. The second-order valence-corrected chi connectivity index (χ2v) is 10.1. The molecule has 1 aromatic rings. The third-order valence-corrected chi connectivity index (χ3v) is 4.98. The van der Waals surface area contributed by atoms with Crippen molar-refractivity contribution in [1.82, 2.24) is 10.6 Å². The molecule has 0 aliphatic heterocycles. The fourth-order valence-electron chi connectivity index (χ4n) is 2.39. The maximum absolute atomic E-state index is 11.3. The Balaban J connectivity index is 2.49. The van der Waals surface area contributed by atoms with E-state index in [0.717, 1.165) is 12.3 Å². The van der Waals surface area contributed by atoms with Crippen molar-refractivity contribution in [3.05, 3.63) is 29.8 Å². The van der Waals surface area contributed by atoms with Gasteiger partial charge in [-0.2, -0.15) is 0 Å². The Morgan fingerprint density at radius 2 is 1.85 bits per heavy atom. The van der Waals surface area contributed by atoms with E-state index >= 15 is 0 Å². The van der Waals surface area contributed by atoms with Gasteiger partial charge < -0.3 is 15.4 Å². The zero-order valence-electron chi connectivity index (χ0n) is 17.5. The number of guanidine groups is 1. The van der Waals surface area contributed by atoms with Crippen molar-refractivity contribution >= 4 is 15.8 Å². The van der Waals surface area contributed by atoms with Crippen molar-refractivity contribution in [3.8, 4) is 5.75 Å². The Morgan fingerprint density at radius 3 is 2.37 bits per heavy atom. The van der Waals surface area contributed by atoms with Gasteiger partial charge in [0.1, 0.15) is 22.2 Å². The minimum absolute atomic E-state index is 0.0170. The minimum Gasteiger partial charge on any atom is -0.492 e. The minimum atomic E-state index is -2.95. The predicted octanol–water partition coefficient (Wildman–Crippen LogP) is 2.74. The van der Waals surface area contributed by atoms with Gasteiger partial charge in [0.2, 0.25) is 0 Å². The first-order valence-corrected chi connectivity index (χ1v) is 11.5. The molecule has 0 radical (unpaired) electrons. The first-order chi connectivity index (χ1) is 12.5. The van der Waals surface area contributed by atoms with Gasteiger partial charge in [-0.15, -0.1) is 0 Å². The number of rotatable bonds is 9. The van der Waals surface area contributed by atoms with Gasteiger partial charge in [0, 0.05) is 18.8 Å². The molecule has 0 fully saturated rings. The van der Waals surface area contributed by atoms with Crippen LogP contribution in [0.4, 0.5) is 0 Å². The molecule has 1 unspecified atom stereocenters. The summed E-state index contributed by atoms with van der Waals surface area (Å²) in [7, 11) is -2.95. The molecule has 0 amide bonds. The number of aliphatic imine (C=N–C) groups is 1. The van der Waals surface area contributed by atoms with Gasteiger partial charge in [0.25, 0.3) is 0 Å². The second kappa shape index (κ2) is 10.5. The molecule has 0 saturated heterocycles. The Kier molecular flexibility index (Phi) is 9.09. The van der Waals surface area contributed by atoms with Crippen LogP contribution in [0.5, 0.6) is 5.75 Å². The van der Waals surface area contributed by atoms with Gasteiger partial charge in [-0.3, -0.25) is 0 Å². The molecule has 1 aromatic carbocycles. The summed E-state index contributed by atoms with van der Waals surface area (Å²) in [5.41, 5.74) is 1.40. The summed E-state index contributed by atoms with van der Waals surface area (Å²) in [4.78, 5) is 4.49. The zero-order valence-corrected chi connectivity index (χ0v) is 18.3. The lowest BCUT2D eigenvalue weighted by atomic mass is 9.87. The van der Waals surface area contributed by atoms with Crippen molar-refractivity contribution in [1.29, 1.82) is 0 Å². The third-order valence-electron chi connectivity index (χ3n) is 4.00. The third kappa shape index (κ3) is 10.2. The number of nitrogens with zero attached hydrogens (tertiary/aromatic N) is 1. The number of hydrogen-bond acceptors (Lipinski definition) is 4. The topological polar surface area (TPSA) is 79.8 Å². The number of benzene rings is 1. The molecule has 0 aliphatic carbocycles. The van der Waals surface area contributed by atoms with Crippen molar-refractivity contribution in [2.24, 2.45) is 4.99 Å². The molecule has 7 heteroatoms. The van der Waals surface area contributed by atoms with Crippen molar-refractivity contribution in [3.63, 3.8) is 0 Å². The zero-order chi connectivity index (χ0) is 20.5. The van der Waals surface area contributed by atoms with E-state index in [-0.39, 0.29) is 17.2 Å². The largest absolute Gasteiger partial charge is 0.492 e. The van der Waals surface area contributed by atoms with E-state index < -0.39 is 9.84 Å². The lowest BCUT2D eigenvalue weighted by Gasteiger charge is -2.19. The molecule has 6 nitrogen and oxygen atoms in total. The van der Waals surface area contributed by atoms with Crippen LogP contribution >= 0.6 is 0 Å². The van der Waals surface area contributed by atoms with Gasteiger partial charge in [-0.25, -0.2) is 13.4 Å². The molecule has 1 atom stereocenters. The summed E-state index contributed by atoms with van der Waals surface area (Å²) in [5.74, 6) is 1.66. The lowest BCUT2D eigenvalue weighted by molar-refractivity contribution is 0.328. The molecule has 2 N–H and O–H groups in total. The number of hydrogen-bond donors (Lipinski definition) is 2. The summed E-state index contributed by atoms with van der Waals surface area (Å²) in [6, 6.07) is 8.17. The van der Waals surface area contributed by atoms with Crippen molar-refractivity contribution < 1.29 is 13.2 Å². The van der Waals surface area contributed by atoms with Crippen molar-refractivity contribution in [2.45, 2.75) is 52.5 Å². The van der Waals surface area contributed by atoms with Gasteiger partial charge in [0.15, 0.2) is 5.96 Å². The Hall–Kier alpha value is -1.76. The first-order valence-electron chi connectivity index (χ1n) is 9.47. The van der Waals surface area contributed by atoms with Crippen LogP contribution in [0.25, 0.3) is 0 Å². The summed E-state index contributed by atoms with van der Waals surface area (Å²) >= 11 is 0. The number of ether oxygens (including phenoxy) is 1. The highest BCUT2D eigenvalue weighted by Gasteiger charge is 2.13. The molecule has 154 valence electrons. The summed E-state index contributed by atoms with van der Waals surface area (Å²) in [5, 5.41) is 6.40. The highest BCUT2D eigenvalue weighted by Crippen LogP contribution is 2.24. The normalized spacial score (nSPS) is 13.9. The highest BCUT2D eigenvalue weighted by molar-refractivity contribution is 7.90. The molecule has 0 bridgehead atoms. The van der Waals surface area contributed by atoms with E-state index in [2.05, 4.69) is 48.5 Å². The quantitative estimate of drug-likeness (QED) is 0.380. The summed E-state index contributed by atoms with van der Waals surface area (Å²) in [6.45, 7) is 12.2. The van der Waals surface area contributed by atoms with E-state index in [9.17, 15) is 8.42 Å². The fourth-order valence-corrected chi connectivity index (χ4v) is 3.17. The molecule has 27 heavy (non-hydrogen) atoms. The summed E-state index contributed by atoms with van der Waals surface area (Å²) in [6.07, 6.45) is 1.80. The number of nitrogens with one attached hydrogen (secondary N) is 2. The van der Waals surface area contributed by atoms with Crippen LogP contribution < -0.4 is 15.4 Å². The van der Waals surface area contributed by atoms with E-state index in [1.165, 1.54) is 11.8 Å². The van der Waals surface area contributed by atoms with Crippen LogP contribution in [0.2, 0.25) is 0 Å². The molecule has 0 aromatic heterocycles. The molecular formula is C20H35N3O3S. The highest BCUT2D eigenvalue weighted by atomic mass is 32.2. The fraction of sp³-hybridized carbons (Fsp3) is 0.650. The van der Waals surface area contributed by atoms with Crippen LogP contribution in [0, 0.1) is 0 Å². The SMILES string of the molecule is CCNC(=NCCOc1ccc(C(C)(C)C)cc1)NC(C)CCS(C)(=O)=O. The van der Waals surface area contributed by atoms with Gasteiger partial charge in [-0.05, 0) is 43.4 Å². The van der Waals surface area contributed by atoms with Crippen LogP contribution in [-0.2, 0) is 15.3 Å². The van der Waals surface area contributed by atoms with Crippen LogP contribution in [0.1, 0.15) is 46.6 Å². The van der Waals surface area contributed by atoms with E-state index in [1.54, 1.807) is 0 Å². The van der Waals surface area contributed by atoms with Crippen LogP contribution in [0.3, 0.4) is 0 Å². The molecule has 0 aliphatic rings. The lowest BCUT2D eigenvalue weighted by Crippen LogP contribution is -2.43. The van der Waals surface area contributed by atoms with E-state index in [4.69, 9.17) is 4.74 Å². The number of sulfone groups is 1. The average molecular weight is 398 g/mol. The maximum atomic E-state index is 11.3. The van der Waals surface area contributed by atoms with Gasteiger partial charge in [0.05, 0.1) is 12.3 Å². The average Bonchev–Trinajstić information content (AvgIpc) is 2.56. The maximum Gasteiger partial charge on any atom is 0.191 e. The molecule has 0 spiro atoms. The van der Waals surface area contributed by atoms with Gasteiger partial charge in [-0.1, -0.05) is 32.9 Å². The van der Waals surface area contributed by atoms with Crippen molar-refractivity contribution in [2.75, 3.05) is 31.7 Å². The smallest absolute Gasteiger partial charge is 0.191 e. The molecule has 1 rings (SSSR count). The van der Waals surface area contributed by atoms with Crippen LogP contribution in [0.15, 0.2) is 29.3 Å². The molecule has 0 heterocycles. The van der Waals surface area contributed by atoms with E-state index in [1.807, 2.05) is 26.0 Å². The van der Waals surface area contributed by atoms with E-state index in [0.29, 0.717) is 25.5 Å². The monoisotopic (exact) mass is 397 g/mol. The Labute approximate surface area is 164 Å². The van der Waals surface area contributed by atoms with Crippen LogP contribution in [-0.4, -0.2) is 52.1 Å². The Morgan fingerprint density at radius 1 is 1.22 bits per heavy atom. The second-order valence-electron chi connectivity index (χ2n) is 7.85. The van der Waals surface area contributed by atoms with Gasteiger partial charge >= 0.3 is 0 Å².